The number of aromatic nitrogens is 2. The van der Waals surface area contributed by atoms with Crippen molar-refractivity contribution >= 4 is 39.0 Å². The molecule has 0 radical (unpaired) electrons. The summed E-state index contributed by atoms with van der Waals surface area (Å²) in [4.78, 5) is 27.0. The van der Waals surface area contributed by atoms with Crippen LogP contribution in [-0.4, -0.2) is 57.6 Å². The number of thiophene rings is 1. The van der Waals surface area contributed by atoms with Gasteiger partial charge in [-0.3, -0.25) is 9.69 Å². The topological polar surface area (TPSA) is 81.6 Å². The third-order valence-electron chi connectivity index (χ3n) is 5.43. The first-order chi connectivity index (χ1) is 13.9. The van der Waals surface area contributed by atoms with Crippen LogP contribution in [0.25, 0.3) is 10.2 Å². The van der Waals surface area contributed by atoms with E-state index in [9.17, 15) is 9.90 Å². The van der Waals surface area contributed by atoms with Gasteiger partial charge < -0.3 is 15.3 Å². The number of nitrogens with one attached hydrogen (secondary N) is 1. The molecule has 0 bridgehead atoms. The summed E-state index contributed by atoms with van der Waals surface area (Å²) < 4.78 is 0. The molecule has 2 unspecified atom stereocenters. The Morgan fingerprint density at radius 3 is 2.76 bits per heavy atom. The molecular weight excluding hydrogens is 386 g/mol. The summed E-state index contributed by atoms with van der Waals surface area (Å²) >= 11 is 1.62. The molecule has 8 heteroatoms. The summed E-state index contributed by atoms with van der Waals surface area (Å²) in [6.07, 6.45) is 1.63. The zero-order valence-electron chi connectivity index (χ0n) is 16.8. The standard InChI is InChI=1S/C21H25N5O2S/c1-13-9-25(11-19(28)24-17-5-4-6-18(27)15(17)3)10-14(2)26(13)20-16-7-8-29-21(16)23-12-22-20/h4-8,12-14,27H,9-11H2,1-3H3,(H,24,28). The lowest BCUT2D eigenvalue weighted by Gasteiger charge is -2.45. The van der Waals surface area contributed by atoms with Crippen molar-refractivity contribution in [1.29, 1.82) is 0 Å². The van der Waals surface area contributed by atoms with Crippen LogP contribution in [0.1, 0.15) is 19.4 Å². The van der Waals surface area contributed by atoms with Gasteiger partial charge in [-0.2, -0.15) is 0 Å². The molecule has 0 spiro atoms. The van der Waals surface area contributed by atoms with E-state index in [1.54, 1.807) is 42.8 Å². The van der Waals surface area contributed by atoms with Gasteiger partial charge in [0.1, 0.15) is 22.7 Å². The monoisotopic (exact) mass is 411 g/mol. The third-order valence-corrected chi connectivity index (χ3v) is 6.25. The Labute approximate surface area is 174 Å². The van der Waals surface area contributed by atoms with Gasteiger partial charge >= 0.3 is 0 Å². The molecular formula is C21H25N5O2S. The SMILES string of the molecule is Cc1c(O)cccc1NC(=O)CN1CC(C)N(c2ncnc3sccc23)C(C)C1. The number of nitrogens with zero attached hydrogens (tertiary/aromatic N) is 4. The van der Waals surface area contributed by atoms with Crippen LogP contribution in [0.2, 0.25) is 0 Å². The first-order valence-electron chi connectivity index (χ1n) is 9.71. The van der Waals surface area contributed by atoms with E-state index in [0.717, 1.165) is 29.1 Å². The van der Waals surface area contributed by atoms with Crippen molar-refractivity contribution < 1.29 is 9.90 Å². The number of carbonyl (C=O) groups excluding carboxylic acids is 1. The van der Waals surface area contributed by atoms with Crippen molar-refractivity contribution in [3.63, 3.8) is 0 Å². The Morgan fingerprint density at radius 2 is 2.00 bits per heavy atom. The van der Waals surface area contributed by atoms with E-state index in [1.165, 1.54) is 0 Å². The number of hydrogen-bond donors (Lipinski definition) is 2. The molecule has 7 nitrogen and oxygen atoms in total. The fraction of sp³-hybridized carbons (Fsp3) is 0.381. The maximum atomic E-state index is 12.6. The fourth-order valence-electron chi connectivity index (χ4n) is 4.11. The number of piperazine rings is 1. The average Bonchev–Trinajstić information content (AvgIpc) is 3.14. The lowest BCUT2D eigenvalue weighted by molar-refractivity contribution is -0.117. The molecule has 0 aliphatic carbocycles. The first kappa shape index (κ1) is 19.6. The van der Waals surface area contributed by atoms with Gasteiger partial charge in [-0.05, 0) is 44.4 Å². The van der Waals surface area contributed by atoms with Crippen LogP contribution in [0.3, 0.4) is 0 Å². The first-order valence-corrected chi connectivity index (χ1v) is 10.6. The lowest BCUT2D eigenvalue weighted by Crippen LogP contribution is -2.58. The molecule has 1 amide bonds. The third kappa shape index (κ3) is 3.90. The minimum Gasteiger partial charge on any atom is -0.508 e. The number of benzene rings is 1. The van der Waals surface area contributed by atoms with Crippen molar-refractivity contribution in [2.24, 2.45) is 0 Å². The number of fused-ring (bicyclic) bond motifs is 1. The van der Waals surface area contributed by atoms with Gasteiger partial charge in [-0.25, -0.2) is 9.97 Å². The highest BCUT2D eigenvalue weighted by atomic mass is 32.1. The number of carbonyl (C=O) groups is 1. The van der Waals surface area contributed by atoms with Crippen molar-refractivity contribution in [2.75, 3.05) is 29.9 Å². The molecule has 2 N–H and O–H groups in total. The summed E-state index contributed by atoms with van der Waals surface area (Å²) in [6.45, 7) is 7.98. The zero-order chi connectivity index (χ0) is 20.5. The van der Waals surface area contributed by atoms with Crippen LogP contribution in [0.15, 0.2) is 36.0 Å². The van der Waals surface area contributed by atoms with E-state index in [0.29, 0.717) is 17.8 Å². The maximum Gasteiger partial charge on any atom is 0.238 e. The van der Waals surface area contributed by atoms with Crippen LogP contribution < -0.4 is 10.2 Å². The van der Waals surface area contributed by atoms with Crippen molar-refractivity contribution in [3.05, 3.63) is 41.5 Å². The quantitative estimate of drug-likeness (QED) is 0.686. The minimum absolute atomic E-state index is 0.0752. The van der Waals surface area contributed by atoms with Crippen LogP contribution >= 0.6 is 11.3 Å². The van der Waals surface area contributed by atoms with E-state index >= 15 is 0 Å². The summed E-state index contributed by atoms with van der Waals surface area (Å²) in [5.41, 5.74) is 1.33. The van der Waals surface area contributed by atoms with Gasteiger partial charge in [0.25, 0.3) is 0 Å². The molecule has 0 saturated carbocycles. The molecule has 3 aromatic rings. The van der Waals surface area contributed by atoms with E-state index in [1.807, 2.05) is 5.38 Å². The molecule has 1 aliphatic rings. The largest absolute Gasteiger partial charge is 0.508 e. The van der Waals surface area contributed by atoms with E-state index < -0.39 is 0 Å². The van der Waals surface area contributed by atoms with E-state index in [2.05, 4.69) is 45.0 Å². The molecule has 1 aromatic carbocycles. The Hall–Kier alpha value is -2.71. The highest BCUT2D eigenvalue weighted by molar-refractivity contribution is 7.16. The van der Waals surface area contributed by atoms with Crippen molar-refractivity contribution in [3.8, 4) is 5.75 Å². The minimum atomic E-state index is -0.0752. The van der Waals surface area contributed by atoms with Crippen LogP contribution in [0, 0.1) is 6.92 Å². The summed E-state index contributed by atoms with van der Waals surface area (Å²) in [6, 6.07) is 7.65. The second-order valence-corrected chi connectivity index (χ2v) is 8.53. The normalized spacial score (nSPS) is 20.2. The number of aromatic hydroxyl groups is 1. The number of amides is 1. The zero-order valence-corrected chi connectivity index (χ0v) is 17.6. The predicted octanol–water partition coefficient (Wildman–Crippen LogP) is 3.24. The smallest absolute Gasteiger partial charge is 0.238 e. The number of phenolic OH excluding ortho intramolecular Hbond substituents is 1. The average molecular weight is 412 g/mol. The van der Waals surface area contributed by atoms with Crippen molar-refractivity contribution in [2.45, 2.75) is 32.9 Å². The van der Waals surface area contributed by atoms with E-state index in [4.69, 9.17) is 0 Å². The van der Waals surface area contributed by atoms with Crippen LogP contribution in [0.4, 0.5) is 11.5 Å². The Kier molecular flexibility index (Phi) is 5.38. The summed E-state index contributed by atoms with van der Waals surface area (Å²) in [5.74, 6) is 1.08. The summed E-state index contributed by atoms with van der Waals surface area (Å²) in [7, 11) is 0. The number of anilines is 2. The molecule has 2 aromatic heterocycles. The second-order valence-electron chi connectivity index (χ2n) is 7.63. The van der Waals surface area contributed by atoms with Gasteiger partial charge in [0.05, 0.1) is 11.9 Å². The van der Waals surface area contributed by atoms with E-state index in [-0.39, 0.29) is 23.7 Å². The molecule has 3 heterocycles. The molecule has 4 rings (SSSR count). The number of hydrogen-bond acceptors (Lipinski definition) is 7. The highest BCUT2D eigenvalue weighted by Gasteiger charge is 2.32. The van der Waals surface area contributed by atoms with Crippen LogP contribution in [0.5, 0.6) is 5.75 Å². The van der Waals surface area contributed by atoms with Gasteiger partial charge in [-0.15, -0.1) is 11.3 Å². The van der Waals surface area contributed by atoms with Crippen molar-refractivity contribution in [1.82, 2.24) is 14.9 Å². The lowest BCUT2D eigenvalue weighted by atomic mass is 10.1. The molecule has 29 heavy (non-hydrogen) atoms. The van der Waals surface area contributed by atoms with Crippen LogP contribution in [-0.2, 0) is 4.79 Å². The highest BCUT2D eigenvalue weighted by Crippen LogP contribution is 2.31. The molecule has 2 atom stereocenters. The van der Waals surface area contributed by atoms with Gasteiger partial charge in [-0.1, -0.05) is 6.07 Å². The maximum absolute atomic E-state index is 12.6. The van der Waals surface area contributed by atoms with Gasteiger partial charge in [0.15, 0.2) is 0 Å². The Morgan fingerprint density at radius 1 is 1.24 bits per heavy atom. The molecule has 152 valence electrons. The number of phenols is 1. The summed E-state index contributed by atoms with van der Waals surface area (Å²) in [5, 5.41) is 15.9. The van der Waals surface area contributed by atoms with Gasteiger partial charge in [0, 0.05) is 36.4 Å². The predicted molar refractivity (Wildman–Crippen MR) is 117 cm³/mol. The second kappa shape index (κ2) is 7.96. The Bertz CT molecular complexity index is 1020. The molecule has 1 aliphatic heterocycles. The molecule has 1 fully saturated rings. The van der Waals surface area contributed by atoms with Gasteiger partial charge in [0.2, 0.25) is 5.91 Å². The molecule has 1 saturated heterocycles. The number of rotatable bonds is 4. The Balaban J connectivity index is 1.44. The fourth-order valence-corrected chi connectivity index (χ4v) is 4.84.